The van der Waals surface area contributed by atoms with Gasteiger partial charge in [-0.05, 0) is 36.1 Å². The molecule has 0 aromatic heterocycles. The molecule has 2 aliphatic rings. The number of fused-ring (bicyclic) bond motifs is 3. The molecular weight excluding hydrogens is 246 g/mol. The average Bonchev–Trinajstić information content (AvgIpc) is 2.97. The van der Waals surface area contributed by atoms with E-state index in [0.29, 0.717) is 12.6 Å². The van der Waals surface area contributed by atoms with E-state index in [9.17, 15) is 5.11 Å². The maximum Gasteiger partial charge on any atom is 0.128 e. The van der Waals surface area contributed by atoms with Gasteiger partial charge in [0.2, 0.25) is 0 Å². The zero-order chi connectivity index (χ0) is 13.6. The van der Waals surface area contributed by atoms with Crippen LogP contribution in [-0.4, -0.2) is 23.1 Å². The molecule has 2 atom stereocenters. The smallest absolute Gasteiger partial charge is 0.128 e. The summed E-state index contributed by atoms with van der Waals surface area (Å²) < 4.78 is 0. The van der Waals surface area contributed by atoms with Crippen molar-refractivity contribution in [1.82, 2.24) is 4.90 Å². The minimum absolute atomic E-state index is 0.496. The van der Waals surface area contributed by atoms with Crippen LogP contribution in [0.3, 0.4) is 0 Å². The molecule has 1 fully saturated rings. The van der Waals surface area contributed by atoms with Crippen LogP contribution in [0.25, 0.3) is 0 Å². The summed E-state index contributed by atoms with van der Waals surface area (Å²) in [4.78, 5) is 2.44. The lowest BCUT2D eigenvalue weighted by Gasteiger charge is -2.43. The zero-order valence-corrected chi connectivity index (χ0v) is 11.5. The second kappa shape index (κ2) is 4.44. The predicted octanol–water partition coefficient (Wildman–Crippen LogP) is 3.07. The Labute approximate surface area is 119 Å². The van der Waals surface area contributed by atoms with E-state index < -0.39 is 5.60 Å². The highest BCUT2D eigenvalue weighted by Crippen LogP contribution is 2.45. The molecule has 2 aromatic carbocycles. The van der Waals surface area contributed by atoms with Crippen molar-refractivity contribution in [2.24, 2.45) is 0 Å². The summed E-state index contributed by atoms with van der Waals surface area (Å²) in [6, 6.07) is 19.0. The van der Waals surface area contributed by atoms with Crippen molar-refractivity contribution in [2.45, 2.75) is 24.5 Å². The van der Waals surface area contributed by atoms with Crippen LogP contribution in [0.5, 0.6) is 0 Å². The van der Waals surface area contributed by atoms with Crippen LogP contribution >= 0.6 is 0 Å². The van der Waals surface area contributed by atoms with Gasteiger partial charge < -0.3 is 5.11 Å². The van der Waals surface area contributed by atoms with Crippen molar-refractivity contribution in [3.63, 3.8) is 0 Å². The molecule has 2 aromatic rings. The van der Waals surface area contributed by atoms with Gasteiger partial charge >= 0.3 is 0 Å². The molecule has 0 aliphatic carbocycles. The van der Waals surface area contributed by atoms with Crippen molar-refractivity contribution < 1.29 is 5.11 Å². The Bertz CT molecular complexity index is 624. The lowest BCUT2D eigenvalue weighted by atomic mass is 9.78. The van der Waals surface area contributed by atoms with Gasteiger partial charge in [0.1, 0.15) is 5.60 Å². The van der Waals surface area contributed by atoms with Crippen LogP contribution < -0.4 is 0 Å². The topological polar surface area (TPSA) is 23.5 Å². The van der Waals surface area contributed by atoms with Gasteiger partial charge in [0, 0.05) is 12.6 Å². The lowest BCUT2D eigenvalue weighted by Crippen LogP contribution is -2.46. The fraction of sp³-hybridized carbons (Fsp3) is 0.333. The van der Waals surface area contributed by atoms with Gasteiger partial charge in [-0.25, -0.2) is 0 Å². The third-order valence-electron chi connectivity index (χ3n) is 4.81. The fourth-order valence-electron chi connectivity index (χ4n) is 3.87. The highest BCUT2D eigenvalue weighted by Gasteiger charge is 2.44. The van der Waals surface area contributed by atoms with Crippen molar-refractivity contribution in [3.8, 4) is 0 Å². The van der Waals surface area contributed by atoms with E-state index in [-0.39, 0.29) is 0 Å². The van der Waals surface area contributed by atoms with E-state index >= 15 is 0 Å². The summed E-state index contributed by atoms with van der Waals surface area (Å²) in [6.45, 7) is 1.80. The summed E-state index contributed by atoms with van der Waals surface area (Å²) in [7, 11) is 0. The monoisotopic (exact) mass is 265 g/mol. The van der Waals surface area contributed by atoms with E-state index in [1.807, 2.05) is 36.4 Å². The summed E-state index contributed by atoms with van der Waals surface area (Å²) in [5, 5.41) is 11.4. The quantitative estimate of drug-likeness (QED) is 0.856. The Morgan fingerprint density at radius 1 is 1.00 bits per heavy atom. The van der Waals surface area contributed by atoms with Crippen molar-refractivity contribution in [1.29, 1.82) is 0 Å². The summed E-state index contributed by atoms with van der Waals surface area (Å²) in [5.74, 6) is 0. The lowest BCUT2D eigenvalue weighted by molar-refractivity contribution is 0.0148. The second-order valence-electron chi connectivity index (χ2n) is 5.94. The van der Waals surface area contributed by atoms with Crippen molar-refractivity contribution >= 4 is 0 Å². The molecule has 0 radical (unpaired) electrons. The molecule has 102 valence electrons. The van der Waals surface area contributed by atoms with Gasteiger partial charge in [0.05, 0.1) is 0 Å². The highest BCUT2D eigenvalue weighted by molar-refractivity contribution is 5.45. The standard InChI is InChI=1S/C18H19NO/c20-18(14-7-2-1-3-8-14)13-19-12-6-11-17(19)15-9-4-5-10-16(15)18/h1-5,7-10,17,20H,6,11-13H2/t17-,18-/m0/s1. The summed E-state index contributed by atoms with van der Waals surface area (Å²) in [5.41, 5.74) is 2.52. The minimum Gasteiger partial charge on any atom is -0.379 e. The molecule has 0 bridgehead atoms. The van der Waals surface area contributed by atoms with Gasteiger partial charge in [0.25, 0.3) is 0 Å². The van der Waals surface area contributed by atoms with Crippen LogP contribution in [0.15, 0.2) is 54.6 Å². The number of nitrogens with zero attached hydrogens (tertiary/aromatic N) is 1. The Kier molecular flexibility index (Phi) is 2.69. The van der Waals surface area contributed by atoms with Crippen LogP contribution in [0.4, 0.5) is 0 Å². The number of hydrogen-bond acceptors (Lipinski definition) is 2. The summed E-state index contributed by atoms with van der Waals surface area (Å²) in [6.07, 6.45) is 2.44. The van der Waals surface area contributed by atoms with E-state index in [2.05, 4.69) is 23.1 Å². The molecule has 2 heteroatoms. The maximum atomic E-state index is 11.4. The van der Waals surface area contributed by atoms with Gasteiger partial charge in [-0.15, -0.1) is 0 Å². The maximum absolute atomic E-state index is 11.4. The molecule has 0 amide bonds. The largest absolute Gasteiger partial charge is 0.379 e. The minimum atomic E-state index is -0.876. The normalized spacial score (nSPS) is 28.9. The first-order valence-corrected chi connectivity index (χ1v) is 7.40. The zero-order valence-electron chi connectivity index (χ0n) is 11.5. The molecule has 0 unspecified atom stereocenters. The SMILES string of the molecule is O[C@]1(c2ccccc2)CN2CCC[C@H]2c2ccccc21. The van der Waals surface area contributed by atoms with Crippen molar-refractivity contribution in [2.75, 3.05) is 13.1 Å². The number of benzene rings is 2. The van der Waals surface area contributed by atoms with Crippen LogP contribution in [-0.2, 0) is 5.60 Å². The molecular formula is C18H19NO. The second-order valence-corrected chi connectivity index (χ2v) is 5.94. The summed E-state index contributed by atoms with van der Waals surface area (Å²) >= 11 is 0. The third-order valence-corrected chi connectivity index (χ3v) is 4.81. The van der Waals surface area contributed by atoms with Gasteiger partial charge in [0.15, 0.2) is 0 Å². The Hall–Kier alpha value is -1.64. The Balaban J connectivity index is 1.91. The highest BCUT2D eigenvalue weighted by atomic mass is 16.3. The number of hydrogen-bond donors (Lipinski definition) is 1. The van der Waals surface area contributed by atoms with Crippen LogP contribution in [0.1, 0.15) is 35.6 Å². The molecule has 2 nitrogen and oxygen atoms in total. The fourth-order valence-corrected chi connectivity index (χ4v) is 3.87. The molecule has 0 spiro atoms. The average molecular weight is 265 g/mol. The molecule has 1 N–H and O–H groups in total. The molecule has 1 saturated heterocycles. The molecule has 2 heterocycles. The van der Waals surface area contributed by atoms with E-state index in [1.54, 1.807) is 0 Å². The van der Waals surface area contributed by atoms with Gasteiger partial charge in [-0.1, -0.05) is 54.6 Å². The van der Waals surface area contributed by atoms with Gasteiger partial charge in [-0.2, -0.15) is 0 Å². The Morgan fingerprint density at radius 2 is 1.75 bits per heavy atom. The first kappa shape index (κ1) is 12.1. The molecule has 2 aliphatic heterocycles. The van der Waals surface area contributed by atoms with Crippen LogP contribution in [0, 0.1) is 0 Å². The van der Waals surface area contributed by atoms with E-state index in [4.69, 9.17) is 0 Å². The van der Waals surface area contributed by atoms with Gasteiger partial charge in [-0.3, -0.25) is 4.90 Å². The first-order chi connectivity index (χ1) is 9.79. The predicted molar refractivity (Wildman–Crippen MR) is 79.4 cm³/mol. The number of aliphatic hydroxyl groups is 1. The van der Waals surface area contributed by atoms with Crippen LogP contribution in [0.2, 0.25) is 0 Å². The van der Waals surface area contributed by atoms with Crippen molar-refractivity contribution in [3.05, 3.63) is 71.3 Å². The number of rotatable bonds is 1. The Morgan fingerprint density at radius 3 is 2.60 bits per heavy atom. The van der Waals surface area contributed by atoms with E-state index in [0.717, 1.165) is 17.7 Å². The first-order valence-electron chi connectivity index (χ1n) is 7.40. The third kappa shape index (κ3) is 1.65. The molecule has 20 heavy (non-hydrogen) atoms. The molecule has 0 saturated carbocycles. The molecule has 4 rings (SSSR count). The van der Waals surface area contributed by atoms with E-state index in [1.165, 1.54) is 18.4 Å².